The van der Waals surface area contributed by atoms with Gasteiger partial charge in [0.1, 0.15) is 5.75 Å². The molecule has 32 heavy (non-hydrogen) atoms. The molecule has 0 aliphatic carbocycles. The summed E-state index contributed by atoms with van der Waals surface area (Å²) in [5.41, 5.74) is 14.9. The molecule has 0 radical (unpaired) electrons. The van der Waals surface area contributed by atoms with E-state index < -0.39 is 34.7 Å². The van der Waals surface area contributed by atoms with Crippen LogP contribution in [0.3, 0.4) is 0 Å². The zero-order valence-corrected chi connectivity index (χ0v) is 20.5. The molecule has 1 aromatic carbocycles. The minimum Gasteiger partial charge on any atom is -0.508 e. The number of hydrogen-bond acceptors (Lipinski definition) is 7. The van der Waals surface area contributed by atoms with E-state index >= 15 is 0 Å². The van der Waals surface area contributed by atoms with Gasteiger partial charge in [0.2, 0.25) is 11.8 Å². The smallest absolute Gasteiger partial charge is 0.246 e. The molecule has 2 unspecified atom stereocenters. The molecule has 7 nitrogen and oxygen atoms in total. The first-order valence-corrected chi connectivity index (χ1v) is 13.2. The molecule has 0 spiro atoms. The van der Waals surface area contributed by atoms with E-state index in [4.69, 9.17) is 11.5 Å². The molecule has 3 atom stereocenters. The minimum atomic E-state index is -1.07. The Morgan fingerprint density at radius 3 is 2.34 bits per heavy atom. The van der Waals surface area contributed by atoms with E-state index in [2.05, 4.69) is 0 Å². The van der Waals surface area contributed by atoms with Gasteiger partial charge >= 0.3 is 0 Å². The van der Waals surface area contributed by atoms with Crippen molar-refractivity contribution in [2.75, 3.05) is 18.6 Å². The Kier molecular flexibility index (Phi) is 10.0. The first-order chi connectivity index (χ1) is 15.1. The summed E-state index contributed by atoms with van der Waals surface area (Å²) >= 11 is 1.63. The number of nitrogens with zero attached hydrogens (tertiary/aromatic N) is 1. The van der Waals surface area contributed by atoms with Crippen molar-refractivity contribution >= 4 is 34.0 Å². The maximum atomic E-state index is 13.2. The molecular weight excluding hydrogens is 446 g/mol. The molecule has 1 heterocycles. The summed E-state index contributed by atoms with van der Waals surface area (Å²) in [6.07, 6.45) is 3.39. The number of aryl methyl sites for hydroxylation is 3. The Morgan fingerprint density at radius 1 is 1.16 bits per heavy atom. The number of thiophene rings is 1. The first-order valence-electron chi connectivity index (χ1n) is 10.6. The van der Waals surface area contributed by atoms with Crippen LogP contribution in [0.2, 0.25) is 0 Å². The van der Waals surface area contributed by atoms with Crippen LogP contribution in [-0.4, -0.2) is 56.7 Å². The highest BCUT2D eigenvalue weighted by Crippen LogP contribution is 2.22. The highest BCUT2D eigenvalue weighted by atomic mass is 32.2. The van der Waals surface area contributed by atoms with Crippen molar-refractivity contribution in [2.24, 2.45) is 11.5 Å². The summed E-state index contributed by atoms with van der Waals surface area (Å²) in [5, 5.41) is 11.8. The minimum absolute atomic E-state index is 0.160. The van der Waals surface area contributed by atoms with Crippen molar-refractivity contribution in [1.82, 2.24) is 4.90 Å². The molecule has 1 aromatic heterocycles. The maximum Gasteiger partial charge on any atom is 0.246 e. The average molecular weight is 480 g/mol. The normalized spacial score (nSPS) is 14.0. The lowest BCUT2D eigenvalue weighted by Gasteiger charge is -2.27. The van der Waals surface area contributed by atoms with Crippen LogP contribution in [0.1, 0.15) is 34.4 Å². The number of phenols is 1. The molecule has 2 rings (SSSR count). The second-order valence-corrected chi connectivity index (χ2v) is 10.6. The fourth-order valence-corrected chi connectivity index (χ4v) is 4.95. The third kappa shape index (κ3) is 7.51. The van der Waals surface area contributed by atoms with Crippen molar-refractivity contribution in [3.05, 3.63) is 51.2 Å². The lowest BCUT2D eigenvalue weighted by atomic mass is 9.95. The predicted molar refractivity (Wildman–Crippen MR) is 130 cm³/mol. The van der Waals surface area contributed by atoms with E-state index in [9.17, 15) is 18.9 Å². The second kappa shape index (κ2) is 12.2. The molecule has 2 amide bonds. The van der Waals surface area contributed by atoms with Crippen LogP contribution >= 0.6 is 11.3 Å². The second-order valence-electron chi connectivity index (χ2n) is 8.05. The molecule has 176 valence electrons. The molecule has 0 aliphatic rings. The number of benzene rings is 1. The zero-order valence-electron chi connectivity index (χ0n) is 18.9. The number of phenolic OH excluding ortho intramolecular Hbond substituents is 1. The van der Waals surface area contributed by atoms with E-state index in [0.717, 1.165) is 23.1 Å². The van der Waals surface area contributed by atoms with Gasteiger partial charge in [-0.2, -0.15) is 0 Å². The highest BCUT2D eigenvalue weighted by Gasteiger charge is 2.30. The van der Waals surface area contributed by atoms with Crippen molar-refractivity contribution in [1.29, 1.82) is 0 Å². The van der Waals surface area contributed by atoms with Gasteiger partial charge in [0, 0.05) is 34.2 Å². The Morgan fingerprint density at radius 2 is 1.78 bits per heavy atom. The zero-order chi connectivity index (χ0) is 23.8. The topological polar surface area (TPSA) is 127 Å². The van der Waals surface area contributed by atoms with Crippen LogP contribution in [0, 0.1) is 13.8 Å². The average Bonchev–Trinajstić information content (AvgIpc) is 3.24. The molecule has 5 N–H and O–H groups in total. The fourth-order valence-electron chi connectivity index (χ4n) is 3.61. The quantitative estimate of drug-likeness (QED) is 0.453. The van der Waals surface area contributed by atoms with Crippen LogP contribution in [0.15, 0.2) is 29.6 Å². The van der Waals surface area contributed by atoms with Crippen LogP contribution in [0.4, 0.5) is 0 Å². The van der Waals surface area contributed by atoms with Gasteiger partial charge < -0.3 is 16.6 Å². The van der Waals surface area contributed by atoms with E-state index in [-0.39, 0.29) is 25.1 Å². The van der Waals surface area contributed by atoms with Crippen molar-refractivity contribution in [3.63, 3.8) is 0 Å². The predicted octanol–water partition coefficient (Wildman–Crippen LogP) is 2.02. The molecule has 2 aromatic rings. The third-order valence-corrected chi connectivity index (χ3v) is 7.12. The number of hydrogen-bond donors (Lipinski definition) is 3. The summed E-state index contributed by atoms with van der Waals surface area (Å²) in [7, 11) is -1.07. The number of carbonyl (C=O) groups excluding carboxylic acids is 2. The molecule has 9 heteroatoms. The molecule has 0 fully saturated rings. The summed E-state index contributed by atoms with van der Waals surface area (Å²) in [6, 6.07) is 5.41. The summed E-state index contributed by atoms with van der Waals surface area (Å²) in [5.74, 6) is -0.502. The first kappa shape index (κ1) is 26.2. The van der Waals surface area contributed by atoms with Gasteiger partial charge in [0.15, 0.2) is 0 Å². The van der Waals surface area contributed by atoms with Crippen LogP contribution < -0.4 is 11.5 Å². The molecule has 0 saturated carbocycles. The molecule has 0 saturated heterocycles. The summed E-state index contributed by atoms with van der Waals surface area (Å²) in [6.45, 7) is 3.92. The van der Waals surface area contributed by atoms with Gasteiger partial charge in [-0.15, -0.1) is 11.3 Å². The van der Waals surface area contributed by atoms with Gasteiger partial charge in [0.05, 0.1) is 12.1 Å². The Labute approximate surface area is 196 Å². The van der Waals surface area contributed by atoms with E-state index in [1.165, 1.54) is 9.78 Å². The van der Waals surface area contributed by atoms with E-state index in [0.29, 0.717) is 12.2 Å². The number of rotatable bonds is 11. The van der Waals surface area contributed by atoms with Crippen LogP contribution in [0.25, 0.3) is 0 Å². The molecule has 0 aliphatic heterocycles. The largest absolute Gasteiger partial charge is 0.508 e. The van der Waals surface area contributed by atoms with Crippen molar-refractivity contribution < 1.29 is 18.9 Å². The van der Waals surface area contributed by atoms with Gasteiger partial charge in [-0.1, -0.05) is 6.07 Å². The SMILES string of the molecule is Cc1cc(O)cc(C)c1C[C@H](N)C(=O)N(CCCc1cccs1)C(=O)C(N)CCS(C)=O. The van der Waals surface area contributed by atoms with E-state index in [1.807, 2.05) is 31.4 Å². The monoisotopic (exact) mass is 479 g/mol. The third-order valence-electron chi connectivity index (χ3n) is 5.37. The number of imide groups is 1. The van der Waals surface area contributed by atoms with Gasteiger partial charge in [-0.25, -0.2) is 0 Å². The standard InChI is InChI=1S/C23H33N3O4S2/c1-15-12-17(27)13-16(2)19(15)14-21(25)23(29)26(9-4-6-18-7-5-10-31-18)22(28)20(24)8-11-32(3)30/h5,7,10,12-13,20-21,27H,4,6,8-9,11,14,24-25H2,1-3H3/t20?,21-,32?/m0/s1. The Bertz CT molecular complexity index is 924. The number of nitrogens with two attached hydrogens (primary N) is 2. The van der Waals surface area contributed by atoms with Crippen LogP contribution in [0.5, 0.6) is 5.75 Å². The van der Waals surface area contributed by atoms with Gasteiger partial charge in [-0.05, 0) is 79.8 Å². The lowest BCUT2D eigenvalue weighted by molar-refractivity contribution is -0.146. The Hall–Kier alpha value is -2.07. The Balaban J connectivity index is 2.15. The van der Waals surface area contributed by atoms with E-state index in [1.54, 1.807) is 29.7 Å². The number of carbonyl (C=O) groups is 2. The molecule has 0 bridgehead atoms. The van der Waals surface area contributed by atoms with Crippen molar-refractivity contribution in [3.8, 4) is 5.75 Å². The van der Waals surface area contributed by atoms with Gasteiger partial charge in [-0.3, -0.25) is 18.7 Å². The van der Waals surface area contributed by atoms with Crippen LogP contribution in [-0.2, 0) is 33.2 Å². The summed E-state index contributed by atoms with van der Waals surface area (Å²) in [4.78, 5) is 28.6. The molecular formula is C23H33N3O4S2. The van der Waals surface area contributed by atoms with Crippen molar-refractivity contribution in [2.45, 2.75) is 51.6 Å². The fraction of sp³-hybridized carbons (Fsp3) is 0.478. The maximum absolute atomic E-state index is 13.2. The lowest BCUT2D eigenvalue weighted by Crippen LogP contribution is -2.53. The summed E-state index contributed by atoms with van der Waals surface area (Å²) < 4.78 is 11.4. The number of amides is 2. The van der Waals surface area contributed by atoms with Gasteiger partial charge in [0.25, 0.3) is 0 Å². The number of aromatic hydroxyl groups is 1. The highest BCUT2D eigenvalue weighted by molar-refractivity contribution is 7.84.